The van der Waals surface area contributed by atoms with Crippen LogP contribution in [0.2, 0.25) is 0 Å². The summed E-state index contributed by atoms with van der Waals surface area (Å²) in [5.41, 5.74) is 0.563. The third kappa shape index (κ3) is 4.39. The Morgan fingerprint density at radius 3 is 2.33 bits per heavy atom. The third-order valence-corrected chi connectivity index (χ3v) is 5.01. The van der Waals surface area contributed by atoms with Crippen LogP contribution in [0.25, 0.3) is 0 Å². The number of nitrogens with zero attached hydrogens (tertiary/aromatic N) is 2. The lowest BCUT2D eigenvalue weighted by Gasteiger charge is -2.39. The average Bonchev–Trinajstić information content (AvgIpc) is 2.67. The zero-order chi connectivity index (χ0) is 19.4. The van der Waals surface area contributed by atoms with Crippen molar-refractivity contribution in [2.45, 2.75) is 18.9 Å². The highest BCUT2D eigenvalue weighted by atomic mass is 19.1. The summed E-state index contributed by atoms with van der Waals surface area (Å²) < 4.78 is 27.8. The number of likely N-dealkylation sites (N-methyl/N-ethyl adjacent to an activating group) is 1. The lowest BCUT2D eigenvalue weighted by Crippen LogP contribution is -2.49. The van der Waals surface area contributed by atoms with Crippen LogP contribution in [0.5, 0.6) is 0 Å². The Bertz CT molecular complexity index is 840. The second kappa shape index (κ2) is 8.39. The number of rotatable bonds is 5. The van der Waals surface area contributed by atoms with Crippen LogP contribution in [0.4, 0.5) is 8.78 Å². The molecule has 27 heavy (non-hydrogen) atoms. The maximum atomic E-state index is 14.1. The number of piperazine rings is 1. The van der Waals surface area contributed by atoms with Crippen molar-refractivity contribution < 1.29 is 18.4 Å². The van der Waals surface area contributed by atoms with Gasteiger partial charge < -0.3 is 4.90 Å². The van der Waals surface area contributed by atoms with E-state index in [9.17, 15) is 18.4 Å². The Morgan fingerprint density at radius 2 is 1.63 bits per heavy atom. The van der Waals surface area contributed by atoms with Crippen LogP contribution in [-0.2, 0) is 4.79 Å². The van der Waals surface area contributed by atoms with Crippen molar-refractivity contribution in [3.63, 3.8) is 0 Å². The van der Waals surface area contributed by atoms with Gasteiger partial charge in [0.25, 0.3) is 0 Å². The SMILES string of the molecule is CN1CCN(C(=O)CCC(=O)c2ccccc2F)CC1c1ccccc1F. The van der Waals surface area contributed by atoms with Crippen molar-refractivity contribution in [2.24, 2.45) is 0 Å². The van der Waals surface area contributed by atoms with Crippen molar-refractivity contribution in [2.75, 3.05) is 26.7 Å². The number of ketones is 1. The Balaban J connectivity index is 1.62. The van der Waals surface area contributed by atoms with Gasteiger partial charge in [-0.05, 0) is 25.2 Å². The van der Waals surface area contributed by atoms with Crippen molar-refractivity contribution in [1.82, 2.24) is 9.80 Å². The Labute approximate surface area is 157 Å². The van der Waals surface area contributed by atoms with Crippen LogP contribution in [0.1, 0.15) is 34.8 Å². The maximum absolute atomic E-state index is 14.1. The first-order valence-electron chi connectivity index (χ1n) is 8.97. The van der Waals surface area contributed by atoms with E-state index in [-0.39, 0.29) is 42.0 Å². The van der Waals surface area contributed by atoms with Crippen LogP contribution >= 0.6 is 0 Å². The minimum absolute atomic E-state index is 0.00732. The van der Waals surface area contributed by atoms with Gasteiger partial charge in [0.15, 0.2) is 5.78 Å². The first-order chi connectivity index (χ1) is 13.0. The summed E-state index contributed by atoms with van der Waals surface area (Å²) in [6, 6.07) is 12.1. The first-order valence-corrected chi connectivity index (χ1v) is 8.97. The Morgan fingerprint density at radius 1 is 0.963 bits per heavy atom. The van der Waals surface area contributed by atoms with Gasteiger partial charge in [0.2, 0.25) is 5.91 Å². The predicted octanol–water partition coefficient (Wildman–Crippen LogP) is 3.44. The highest BCUT2D eigenvalue weighted by Crippen LogP contribution is 2.26. The number of amides is 1. The molecule has 0 radical (unpaired) electrons. The topological polar surface area (TPSA) is 40.6 Å². The Hall–Kier alpha value is -2.60. The molecular formula is C21H22F2N2O2. The van der Waals surface area contributed by atoms with E-state index in [0.717, 1.165) is 0 Å². The van der Waals surface area contributed by atoms with Crippen molar-refractivity contribution in [1.29, 1.82) is 0 Å². The number of carbonyl (C=O) groups is 2. The molecule has 142 valence electrons. The van der Waals surface area contributed by atoms with Gasteiger partial charge in [-0.1, -0.05) is 30.3 Å². The molecule has 1 fully saturated rings. The number of carbonyl (C=O) groups excluding carboxylic acids is 2. The summed E-state index contributed by atoms with van der Waals surface area (Å²) in [7, 11) is 1.90. The fraction of sp³-hybridized carbons (Fsp3) is 0.333. The molecular weight excluding hydrogens is 350 g/mol. The Kier molecular flexibility index (Phi) is 5.96. The largest absolute Gasteiger partial charge is 0.339 e. The van der Waals surface area contributed by atoms with Gasteiger partial charge in [0.05, 0.1) is 11.6 Å². The van der Waals surface area contributed by atoms with Crippen LogP contribution < -0.4 is 0 Å². The lowest BCUT2D eigenvalue weighted by atomic mass is 10.0. The highest BCUT2D eigenvalue weighted by molar-refractivity contribution is 5.98. The molecule has 0 N–H and O–H groups in total. The van der Waals surface area contributed by atoms with E-state index in [4.69, 9.17) is 0 Å². The summed E-state index contributed by atoms with van der Waals surface area (Å²) in [5, 5.41) is 0. The van der Waals surface area contributed by atoms with E-state index in [1.165, 1.54) is 24.3 Å². The minimum Gasteiger partial charge on any atom is -0.339 e. The number of hydrogen-bond acceptors (Lipinski definition) is 3. The zero-order valence-corrected chi connectivity index (χ0v) is 15.2. The summed E-state index contributed by atoms with van der Waals surface area (Å²) in [6.07, 6.45) is -0.0304. The molecule has 0 saturated carbocycles. The zero-order valence-electron chi connectivity index (χ0n) is 15.2. The van der Waals surface area contributed by atoms with E-state index in [2.05, 4.69) is 0 Å². The van der Waals surface area contributed by atoms with Gasteiger partial charge in [0, 0.05) is 38.0 Å². The van der Waals surface area contributed by atoms with Gasteiger partial charge in [-0.3, -0.25) is 14.5 Å². The number of Topliss-reactive ketones (excluding diaryl/α,β-unsaturated/α-hetero) is 1. The monoisotopic (exact) mass is 372 g/mol. The molecule has 1 heterocycles. The van der Waals surface area contributed by atoms with Crippen LogP contribution in [0, 0.1) is 11.6 Å². The minimum atomic E-state index is -0.575. The van der Waals surface area contributed by atoms with E-state index in [1.54, 1.807) is 29.2 Å². The van der Waals surface area contributed by atoms with Gasteiger partial charge in [-0.25, -0.2) is 8.78 Å². The van der Waals surface area contributed by atoms with Gasteiger partial charge in [-0.2, -0.15) is 0 Å². The molecule has 0 bridgehead atoms. The molecule has 1 aliphatic heterocycles. The molecule has 0 aliphatic carbocycles. The number of benzene rings is 2. The number of hydrogen-bond donors (Lipinski definition) is 0. The normalized spacial score (nSPS) is 17.7. The second-order valence-electron chi connectivity index (χ2n) is 6.76. The molecule has 2 aromatic rings. The fourth-order valence-electron chi connectivity index (χ4n) is 3.38. The standard InChI is InChI=1S/C21H22F2N2O2/c1-24-12-13-25(14-19(24)15-6-2-4-8-17(15)22)21(27)11-10-20(26)16-7-3-5-9-18(16)23/h2-9,19H,10-14H2,1H3. The van der Waals surface area contributed by atoms with Gasteiger partial charge in [0.1, 0.15) is 11.6 Å². The van der Waals surface area contributed by atoms with E-state index in [0.29, 0.717) is 25.2 Å². The second-order valence-corrected chi connectivity index (χ2v) is 6.76. The fourth-order valence-corrected chi connectivity index (χ4v) is 3.38. The molecule has 0 spiro atoms. The summed E-state index contributed by atoms with van der Waals surface area (Å²) in [4.78, 5) is 28.4. The predicted molar refractivity (Wildman–Crippen MR) is 98.3 cm³/mol. The first kappa shape index (κ1) is 19.2. The van der Waals surface area contributed by atoms with Crippen LogP contribution in [-0.4, -0.2) is 48.2 Å². The van der Waals surface area contributed by atoms with Gasteiger partial charge in [-0.15, -0.1) is 0 Å². The van der Waals surface area contributed by atoms with Crippen molar-refractivity contribution >= 4 is 11.7 Å². The summed E-state index contributed by atoms with van der Waals surface area (Å²) in [5.74, 6) is -1.43. The van der Waals surface area contributed by atoms with Gasteiger partial charge >= 0.3 is 0 Å². The van der Waals surface area contributed by atoms with Crippen molar-refractivity contribution in [3.05, 3.63) is 71.3 Å². The molecule has 0 aromatic heterocycles. The quantitative estimate of drug-likeness (QED) is 0.755. The molecule has 1 amide bonds. The summed E-state index contributed by atoms with van der Waals surface area (Å²) >= 11 is 0. The summed E-state index contributed by atoms with van der Waals surface area (Å²) in [6.45, 7) is 1.50. The molecule has 2 aromatic carbocycles. The van der Waals surface area contributed by atoms with E-state index in [1.807, 2.05) is 11.9 Å². The molecule has 3 rings (SSSR count). The molecule has 4 nitrogen and oxygen atoms in total. The van der Waals surface area contributed by atoms with Crippen molar-refractivity contribution in [3.8, 4) is 0 Å². The molecule has 1 unspecified atom stereocenters. The lowest BCUT2D eigenvalue weighted by molar-refractivity contribution is -0.134. The van der Waals surface area contributed by atoms with E-state index < -0.39 is 5.82 Å². The molecule has 1 saturated heterocycles. The average molecular weight is 372 g/mol. The van der Waals surface area contributed by atoms with E-state index >= 15 is 0 Å². The third-order valence-electron chi connectivity index (χ3n) is 5.01. The molecule has 6 heteroatoms. The molecule has 1 atom stereocenters. The van der Waals surface area contributed by atoms with Crippen LogP contribution in [0.3, 0.4) is 0 Å². The highest BCUT2D eigenvalue weighted by Gasteiger charge is 2.30. The molecule has 1 aliphatic rings. The van der Waals surface area contributed by atoms with Crippen LogP contribution in [0.15, 0.2) is 48.5 Å². The number of halogens is 2. The smallest absolute Gasteiger partial charge is 0.223 e. The maximum Gasteiger partial charge on any atom is 0.223 e.